The summed E-state index contributed by atoms with van der Waals surface area (Å²) in [4.78, 5) is 40.0. The van der Waals surface area contributed by atoms with E-state index in [0.29, 0.717) is 38.5 Å². The second kappa shape index (κ2) is 19.9. The Morgan fingerprint density at radius 3 is 1.00 bits per heavy atom. The minimum Gasteiger partial charge on any atom is -0.370 e. The highest BCUT2D eigenvalue weighted by molar-refractivity contribution is 5.75. The summed E-state index contributed by atoms with van der Waals surface area (Å²) >= 11 is 0. The summed E-state index contributed by atoms with van der Waals surface area (Å²) < 4.78 is 0. The van der Waals surface area contributed by atoms with Crippen molar-refractivity contribution in [3.05, 3.63) is 0 Å². The minimum atomic E-state index is -0.329. The fourth-order valence-corrected chi connectivity index (χ4v) is 1.15. The van der Waals surface area contributed by atoms with Gasteiger partial charge in [0.1, 0.15) is 0 Å². The van der Waals surface area contributed by atoms with Crippen LogP contribution in [0.15, 0.2) is 0 Å². The third kappa shape index (κ3) is 45.0. The Morgan fingerprint density at radius 2 is 0.826 bits per heavy atom. The molecule has 4 amide bonds. The third-order valence-electron chi connectivity index (χ3n) is 2.47. The Labute approximate surface area is 138 Å². The van der Waals surface area contributed by atoms with Crippen molar-refractivity contribution in [2.24, 2.45) is 22.9 Å². The first-order valence-corrected chi connectivity index (χ1v) is 7.80. The smallest absolute Gasteiger partial charge is 0.217 e. The summed E-state index contributed by atoms with van der Waals surface area (Å²) in [6, 6.07) is 0. The van der Waals surface area contributed by atoms with Crippen LogP contribution < -0.4 is 22.9 Å². The van der Waals surface area contributed by atoms with E-state index in [0.717, 1.165) is 19.3 Å². The van der Waals surface area contributed by atoms with Crippen molar-refractivity contribution in [1.82, 2.24) is 0 Å². The minimum absolute atomic E-state index is 0.182. The number of primary amides is 4. The highest BCUT2D eigenvalue weighted by Crippen LogP contribution is 1.97. The molecule has 0 unspecified atom stereocenters. The third-order valence-corrected chi connectivity index (χ3v) is 2.47. The molecular formula is C15H32N4O4. The molecule has 0 atom stereocenters. The van der Waals surface area contributed by atoms with Crippen molar-refractivity contribution in [3.8, 4) is 0 Å². The number of hydrogen-bond donors (Lipinski definition) is 4. The number of carbonyl (C=O) groups is 4. The second-order valence-corrected chi connectivity index (χ2v) is 4.88. The van der Waals surface area contributed by atoms with Gasteiger partial charge in [-0.25, -0.2) is 0 Å². The zero-order valence-electron chi connectivity index (χ0n) is 14.3. The van der Waals surface area contributed by atoms with Crippen molar-refractivity contribution in [1.29, 1.82) is 0 Å². The van der Waals surface area contributed by atoms with E-state index < -0.39 is 0 Å². The molecule has 0 fully saturated rings. The van der Waals surface area contributed by atoms with E-state index >= 15 is 0 Å². The van der Waals surface area contributed by atoms with E-state index in [-0.39, 0.29) is 23.6 Å². The molecule has 0 spiro atoms. The van der Waals surface area contributed by atoms with Crippen molar-refractivity contribution in [2.75, 3.05) is 0 Å². The fraction of sp³-hybridized carbons (Fsp3) is 0.733. The van der Waals surface area contributed by atoms with E-state index in [2.05, 4.69) is 12.7 Å². The van der Waals surface area contributed by atoms with Crippen LogP contribution in [0.3, 0.4) is 0 Å². The lowest BCUT2D eigenvalue weighted by molar-refractivity contribution is -0.119. The van der Waals surface area contributed by atoms with Crippen molar-refractivity contribution >= 4 is 23.6 Å². The van der Waals surface area contributed by atoms with Gasteiger partial charge in [0.2, 0.25) is 23.6 Å². The highest BCUT2D eigenvalue weighted by Gasteiger charge is 1.96. The van der Waals surface area contributed by atoms with Gasteiger partial charge in [0.15, 0.2) is 0 Å². The molecule has 23 heavy (non-hydrogen) atoms. The second-order valence-electron chi connectivity index (χ2n) is 4.88. The van der Waals surface area contributed by atoms with Crippen LogP contribution in [-0.2, 0) is 19.2 Å². The van der Waals surface area contributed by atoms with Gasteiger partial charge in [-0.1, -0.05) is 26.7 Å². The van der Waals surface area contributed by atoms with Gasteiger partial charge in [-0.2, -0.15) is 0 Å². The number of rotatable bonds is 10. The van der Waals surface area contributed by atoms with Crippen LogP contribution in [0.4, 0.5) is 0 Å². The molecule has 8 nitrogen and oxygen atoms in total. The van der Waals surface area contributed by atoms with Crippen molar-refractivity contribution < 1.29 is 19.2 Å². The summed E-state index contributed by atoms with van der Waals surface area (Å²) in [5.41, 5.74) is 19.3. The van der Waals surface area contributed by atoms with Gasteiger partial charge in [0.25, 0.3) is 0 Å². The average molecular weight is 332 g/mol. The molecule has 0 aromatic heterocycles. The van der Waals surface area contributed by atoms with Crippen molar-refractivity contribution in [3.63, 3.8) is 0 Å². The molecule has 0 bridgehead atoms. The highest BCUT2D eigenvalue weighted by atomic mass is 16.2. The van der Waals surface area contributed by atoms with Crippen molar-refractivity contribution in [2.45, 2.75) is 71.6 Å². The van der Waals surface area contributed by atoms with E-state index in [1.165, 1.54) is 0 Å². The molecule has 0 aromatic carbocycles. The quantitative estimate of drug-likeness (QED) is 0.425. The lowest BCUT2D eigenvalue weighted by atomic mass is 10.2. The van der Waals surface area contributed by atoms with Gasteiger partial charge in [-0.05, 0) is 19.3 Å². The largest absolute Gasteiger partial charge is 0.370 e. The Morgan fingerprint density at radius 1 is 0.565 bits per heavy atom. The first kappa shape index (κ1) is 25.8. The number of carbonyl (C=O) groups excluding carboxylic acids is 4. The Hall–Kier alpha value is -2.12. The normalized spacial score (nSPS) is 8.78. The Balaban J connectivity index is -0.000000276. The van der Waals surface area contributed by atoms with E-state index in [4.69, 9.17) is 17.2 Å². The topological polar surface area (TPSA) is 172 Å². The predicted molar refractivity (Wildman–Crippen MR) is 89.7 cm³/mol. The summed E-state index contributed by atoms with van der Waals surface area (Å²) in [5, 5.41) is 0. The number of nitrogens with two attached hydrogens (primary N) is 4. The Bertz CT molecular complexity index is 330. The molecule has 0 aliphatic heterocycles. The van der Waals surface area contributed by atoms with Crippen LogP contribution in [0, 0.1) is 0 Å². The zero-order valence-corrected chi connectivity index (χ0v) is 14.3. The molecule has 0 heterocycles. The van der Waals surface area contributed by atoms with Crippen LogP contribution in [0.2, 0.25) is 0 Å². The fourth-order valence-electron chi connectivity index (χ4n) is 1.15. The maximum atomic E-state index is 10.2. The van der Waals surface area contributed by atoms with Crippen LogP contribution in [-0.4, -0.2) is 23.6 Å². The molecule has 136 valence electrons. The van der Waals surface area contributed by atoms with E-state index in [9.17, 15) is 19.2 Å². The summed E-state index contributed by atoms with van der Waals surface area (Å²) in [6.07, 6.45) is 6.19. The number of unbranched alkanes of at least 4 members (excludes halogenated alkanes) is 3. The molecule has 0 rings (SSSR count). The lowest BCUT2D eigenvalue weighted by Crippen LogP contribution is -2.12. The zero-order chi connectivity index (χ0) is 18.7. The van der Waals surface area contributed by atoms with Gasteiger partial charge >= 0.3 is 0 Å². The maximum absolute atomic E-state index is 10.2. The SMILES string of the molecule is CCC(N)=O.CCCCCC(N)=O.NC(=O)CCCCC(N)=O. The van der Waals surface area contributed by atoms with Gasteiger partial charge in [0.05, 0.1) is 0 Å². The van der Waals surface area contributed by atoms with Crippen LogP contribution in [0.5, 0.6) is 0 Å². The molecule has 0 aliphatic rings. The van der Waals surface area contributed by atoms with E-state index in [1.807, 2.05) is 0 Å². The molecule has 0 radical (unpaired) electrons. The van der Waals surface area contributed by atoms with Gasteiger partial charge < -0.3 is 22.9 Å². The first-order chi connectivity index (χ1) is 10.7. The van der Waals surface area contributed by atoms with Crippen LogP contribution in [0.25, 0.3) is 0 Å². The summed E-state index contributed by atoms with van der Waals surface area (Å²) in [6.45, 7) is 3.82. The van der Waals surface area contributed by atoms with Crippen LogP contribution in [0.1, 0.15) is 71.6 Å². The molecule has 0 saturated carbocycles. The lowest BCUT2D eigenvalue weighted by Gasteiger charge is -1.93. The summed E-state index contributed by atoms with van der Waals surface area (Å²) in [5.74, 6) is -1.09. The molecule has 0 aromatic rings. The molecule has 0 aliphatic carbocycles. The standard InChI is InChI=1S/C6H12N2O2.C6H13NO.C3H7NO/c7-5(9)3-1-2-4-6(8)10;1-2-3-4-5-6(7)8;1-2-3(4)5/h1-4H2,(H2,7,9)(H2,8,10);2-5H2,1H3,(H2,7,8);2H2,1H3,(H2,4,5). The average Bonchev–Trinajstić information content (AvgIpc) is 2.44. The van der Waals surface area contributed by atoms with Crippen LogP contribution >= 0.6 is 0 Å². The number of amides is 4. The molecular weight excluding hydrogens is 300 g/mol. The molecule has 8 N–H and O–H groups in total. The molecule has 8 heteroatoms. The van der Waals surface area contributed by atoms with E-state index in [1.54, 1.807) is 6.92 Å². The monoisotopic (exact) mass is 332 g/mol. The van der Waals surface area contributed by atoms with Gasteiger partial charge in [-0.15, -0.1) is 0 Å². The first-order valence-electron chi connectivity index (χ1n) is 7.80. The maximum Gasteiger partial charge on any atom is 0.217 e. The predicted octanol–water partition coefficient (Wildman–Crippen LogP) is 0.451. The summed E-state index contributed by atoms with van der Waals surface area (Å²) in [7, 11) is 0. The van der Waals surface area contributed by atoms with Gasteiger partial charge in [0, 0.05) is 25.7 Å². The number of hydrogen-bond acceptors (Lipinski definition) is 4. The van der Waals surface area contributed by atoms with Gasteiger partial charge in [-0.3, -0.25) is 19.2 Å². The Kier molecular flexibility index (Phi) is 22.3. The molecule has 0 saturated heterocycles.